The maximum Gasteiger partial charge on any atom is 0.223 e. The summed E-state index contributed by atoms with van der Waals surface area (Å²) in [5, 5.41) is 3.91. The van der Waals surface area contributed by atoms with Gasteiger partial charge >= 0.3 is 0 Å². The maximum atomic E-state index is 12.5. The summed E-state index contributed by atoms with van der Waals surface area (Å²) >= 11 is 6.04. The highest BCUT2D eigenvalue weighted by atomic mass is 35.5. The third kappa shape index (κ3) is 7.27. The quantitative estimate of drug-likeness (QED) is 0.599. The number of pyridine rings is 1. The first-order chi connectivity index (χ1) is 15.8. The van der Waals surface area contributed by atoms with Gasteiger partial charge in [-0.3, -0.25) is 14.6 Å². The van der Waals surface area contributed by atoms with Gasteiger partial charge in [0, 0.05) is 55.4 Å². The zero-order valence-electron chi connectivity index (χ0n) is 19.9. The van der Waals surface area contributed by atoms with E-state index >= 15 is 0 Å². The van der Waals surface area contributed by atoms with Crippen molar-refractivity contribution in [3.05, 3.63) is 64.9 Å². The van der Waals surface area contributed by atoms with Crippen LogP contribution in [0.4, 0.5) is 0 Å². The van der Waals surface area contributed by atoms with Crippen LogP contribution in [0.1, 0.15) is 49.7 Å². The van der Waals surface area contributed by atoms with Crippen molar-refractivity contribution in [1.29, 1.82) is 0 Å². The number of halogens is 1. The Labute approximate surface area is 202 Å². The van der Waals surface area contributed by atoms with E-state index in [1.165, 1.54) is 5.56 Å². The number of hydrogen-bond donors (Lipinski definition) is 1. The van der Waals surface area contributed by atoms with Crippen molar-refractivity contribution in [3.63, 3.8) is 0 Å². The number of carbonyl (C=O) groups is 2. The molecule has 0 bridgehead atoms. The summed E-state index contributed by atoms with van der Waals surface area (Å²) in [6.45, 7) is 0.497. The first-order valence-corrected chi connectivity index (χ1v) is 12.0. The summed E-state index contributed by atoms with van der Waals surface area (Å²) in [6, 6.07) is 12.1. The van der Waals surface area contributed by atoms with Crippen LogP contribution in [-0.4, -0.2) is 59.3 Å². The highest BCUT2D eigenvalue weighted by molar-refractivity contribution is 6.30. The summed E-state index contributed by atoms with van der Waals surface area (Å²) in [5.74, 6) is -0.0783. The molecule has 7 heteroatoms. The Morgan fingerprint density at radius 3 is 2.36 bits per heavy atom. The third-order valence-electron chi connectivity index (χ3n) is 6.81. The van der Waals surface area contributed by atoms with Crippen LogP contribution in [0.2, 0.25) is 5.02 Å². The Hall–Kier alpha value is -2.44. The Morgan fingerprint density at radius 1 is 1.06 bits per heavy atom. The van der Waals surface area contributed by atoms with Gasteiger partial charge in [-0.2, -0.15) is 0 Å². The molecule has 0 unspecified atom stereocenters. The molecule has 1 aliphatic carbocycles. The molecule has 1 aliphatic rings. The summed E-state index contributed by atoms with van der Waals surface area (Å²) in [7, 11) is 6.04. The molecule has 1 aromatic heterocycles. The van der Waals surface area contributed by atoms with Gasteiger partial charge in [0.1, 0.15) is 0 Å². The largest absolute Gasteiger partial charge is 0.353 e. The van der Waals surface area contributed by atoms with Crippen LogP contribution in [-0.2, 0) is 22.6 Å². The van der Waals surface area contributed by atoms with Gasteiger partial charge in [-0.25, -0.2) is 0 Å². The van der Waals surface area contributed by atoms with E-state index in [4.69, 9.17) is 11.6 Å². The second-order valence-corrected chi connectivity index (χ2v) is 9.81. The fraction of sp³-hybridized carbons (Fsp3) is 0.500. The molecule has 0 atom stereocenters. The van der Waals surface area contributed by atoms with Crippen molar-refractivity contribution >= 4 is 23.4 Å². The van der Waals surface area contributed by atoms with E-state index in [-0.39, 0.29) is 36.2 Å². The molecule has 0 aliphatic heterocycles. The molecule has 1 fully saturated rings. The minimum Gasteiger partial charge on any atom is -0.353 e. The first-order valence-electron chi connectivity index (χ1n) is 11.6. The van der Waals surface area contributed by atoms with Crippen LogP contribution in [0.25, 0.3) is 0 Å². The van der Waals surface area contributed by atoms with E-state index in [2.05, 4.69) is 41.4 Å². The lowest BCUT2D eigenvalue weighted by atomic mass is 9.75. The van der Waals surface area contributed by atoms with E-state index in [9.17, 15) is 9.59 Å². The number of amides is 2. The fourth-order valence-electron chi connectivity index (χ4n) is 4.63. The smallest absolute Gasteiger partial charge is 0.223 e. The molecule has 3 rings (SSSR count). The number of likely N-dealkylation sites (N-methyl/N-ethyl adjacent to an activating group) is 1. The number of benzene rings is 1. The number of nitrogens with one attached hydrogen (secondary N) is 1. The van der Waals surface area contributed by atoms with E-state index in [0.717, 1.165) is 42.7 Å². The molecule has 33 heavy (non-hydrogen) atoms. The van der Waals surface area contributed by atoms with Crippen molar-refractivity contribution < 1.29 is 9.59 Å². The van der Waals surface area contributed by atoms with Gasteiger partial charge in [-0.05, 0) is 75.5 Å². The third-order valence-corrected chi connectivity index (χ3v) is 7.06. The van der Waals surface area contributed by atoms with Crippen LogP contribution in [0.3, 0.4) is 0 Å². The lowest BCUT2D eigenvalue weighted by Crippen LogP contribution is -2.52. The lowest BCUT2D eigenvalue weighted by molar-refractivity contribution is -0.133. The summed E-state index contributed by atoms with van der Waals surface area (Å²) in [5.41, 5.74) is 2.34. The summed E-state index contributed by atoms with van der Waals surface area (Å²) < 4.78 is 0. The molecule has 0 saturated heterocycles. The average molecular weight is 471 g/mol. The summed E-state index contributed by atoms with van der Waals surface area (Å²) in [4.78, 5) is 33.0. The molecule has 1 N–H and O–H groups in total. The molecular formula is C26H35ClN4O2. The predicted octanol–water partition coefficient (Wildman–Crippen LogP) is 4.08. The van der Waals surface area contributed by atoms with Crippen LogP contribution in [0, 0.1) is 0 Å². The van der Waals surface area contributed by atoms with Gasteiger partial charge < -0.3 is 15.1 Å². The van der Waals surface area contributed by atoms with Crippen LogP contribution in [0.15, 0.2) is 48.8 Å². The van der Waals surface area contributed by atoms with Crippen molar-refractivity contribution in [3.8, 4) is 0 Å². The topological polar surface area (TPSA) is 65.5 Å². The number of nitrogens with zero attached hydrogens (tertiary/aromatic N) is 3. The zero-order chi connectivity index (χ0) is 23.8. The highest BCUT2D eigenvalue weighted by Gasteiger charge is 2.37. The van der Waals surface area contributed by atoms with Crippen molar-refractivity contribution in [1.82, 2.24) is 20.1 Å². The molecule has 2 amide bonds. The molecule has 178 valence electrons. The van der Waals surface area contributed by atoms with Gasteiger partial charge in [0.05, 0.1) is 0 Å². The Bertz CT molecular complexity index is 910. The van der Waals surface area contributed by atoms with Crippen LogP contribution in [0.5, 0.6) is 0 Å². The van der Waals surface area contributed by atoms with Crippen LogP contribution >= 0.6 is 11.6 Å². The van der Waals surface area contributed by atoms with Gasteiger partial charge in [0.15, 0.2) is 0 Å². The monoisotopic (exact) mass is 470 g/mol. The van der Waals surface area contributed by atoms with Crippen molar-refractivity contribution in [2.45, 2.75) is 63.1 Å². The number of hydrogen-bond acceptors (Lipinski definition) is 4. The number of aromatic nitrogens is 1. The first kappa shape index (κ1) is 25.2. The van der Waals surface area contributed by atoms with Gasteiger partial charge in [-0.15, -0.1) is 0 Å². The normalized spacial score (nSPS) is 20.5. The Kier molecular flexibility index (Phi) is 8.87. The predicted molar refractivity (Wildman–Crippen MR) is 132 cm³/mol. The molecule has 0 spiro atoms. The second kappa shape index (κ2) is 11.6. The van der Waals surface area contributed by atoms with E-state index in [0.29, 0.717) is 6.54 Å². The van der Waals surface area contributed by atoms with Crippen molar-refractivity contribution in [2.24, 2.45) is 0 Å². The average Bonchev–Trinajstić information content (AvgIpc) is 2.81. The number of carbonyl (C=O) groups excluding carboxylic acids is 2. The van der Waals surface area contributed by atoms with Crippen molar-refractivity contribution in [2.75, 3.05) is 21.1 Å². The molecule has 6 nitrogen and oxygen atoms in total. The van der Waals surface area contributed by atoms with E-state index < -0.39 is 0 Å². The molecule has 1 saturated carbocycles. The van der Waals surface area contributed by atoms with E-state index in [1.54, 1.807) is 24.3 Å². The highest BCUT2D eigenvalue weighted by Crippen LogP contribution is 2.35. The summed E-state index contributed by atoms with van der Waals surface area (Å²) in [6.07, 6.45) is 8.76. The molecular weight excluding hydrogens is 436 g/mol. The molecule has 0 radical (unpaired) electrons. The SMILES string of the molecule is CN(Cc1cccnc1)C(=O)CCC(=O)NC1CCC(Cc2ccc(Cl)cc2)(N(C)C)CC1. The fourth-order valence-corrected chi connectivity index (χ4v) is 4.75. The second-order valence-electron chi connectivity index (χ2n) is 9.37. The van der Waals surface area contributed by atoms with Gasteiger partial charge in [0.2, 0.25) is 11.8 Å². The Morgan fingerprint density at radius 2 is 1.76 bits per heavy atom. The standard InChI is InChI=1S/C26H35ClN4O2/c1-30(2)26(17-20-6-8-22(27)9-7-20)14-12-23(13-15-26)29-24(32)10-11-25(33)31(3)19-21-5-4-16-28-18-21/h4-9,16,18,23H,10-15,17,19H2,1-3H3,(H,29,32). The maximum absolute atomic E-state index is 12.5. The van der Waals surface area contributed by atoms with E-state index in [1.807, 2.05) is 24.3 Å². The minimum absolute atomic E-state index is 0.0350. The zero-order valence-corrected chi connectivity index (χ0v) is 20.6. The molecule has 2 aromatic rings. The molecule has 1 heterocycles. The Balaban J connectivity index is 1.44. The number of rotatable bonds is 9. The van der Waals surface area contributed by atoms with Crippen LogP contribution < -0.4 is 5.32 Å². The van der Waals surface area contributed by atoms with Gasteiger partial charge in [0.25, 0.3) is 0 Å². The molecule has 1 aromatic carbocycles. The lowest BCUT2D eigenvalue weighted by Gasteiger charge is -2.45. The van der Waals surface area contributed by atoms with Gasteiger partial charge in [-0.1, -0.05) is 29.8 Å². The minimum atomic E-state index is -0.0433.